The van der Waals surface area contributed by atoms with Crippen LogP contribution in [0.5, 0.6) is 0 Å². The van der Waals surface area contributed by atoms with E-state index in [1.54, 1.807) is 11.8 Å². The van der Waals surface area contributed by atoms with Gasteiger partial charge in [-0.3, -0.25) is 4.79 Å². The normalized spacial score (nSPS) is 34.7. The molecule has 3 aliphatic rings. The van der Waals surface area contributed by atoms with Crippen molar-refractivity contribution in [1.29, 1.82) is 0 Å². The van der Waals surface area contributed by atoms with Crippen LogP contribution in [0.15, 0.2) is 5.16 Å². The fourth-order valence-corrected chi connectivity index (χ4v) is 6.61. The minimum Gasteiger partial charge on any atom is -0.298 e. The summed E-state index contributed by atoms with van der Waals surface area (Å²) in [6.45, 7) is 8.97. The number of carbonyl (C=O) groups excluding carboxylic acids is 1. The number of fused-ring (bicyclic) bond motifs is 3. The molecule has 23 heavy (non-hydrogen) atoms. The maximum Gasteiger partial charge on any atom is 0.188 e. The average Bonchev–Trinajstić information content (AvgIpc) is 2.81. The number of aromatic nitrogens is 2. The second-order valence-corrected chi connectivity index (χ2v) is 9.43. The van der Waals surface area contributed by atoms with E-state index in [-0.39, 0.29) is 22.0 Å². The molecule has 124 valence electrons. The molecule has 0 spiro atoms. The molecule has 1 aromatic heterocycles. The molecular formula is C19H26N2OS. The standard InChI is InChI=1S/C19H26N2OS/c1-11-12-7-5-6-8-14(12)21-17(20-11)23-16-15(22)13-9-10-19(16,4)18(13,2)3/h13,16H,5-10H2,1-4H3/t13-,16-,19-/m1/s1. The lowest BCUT2D eigenvalue weighted by atomic mass is 9.71. The largest absolute Gasteiger partial charge is 0.298 e. The minimum atomic E-state index is 0.0253. The predicted octanol–water partition coefficient (Wildman–Crippen LogP) is 4.15. The first-order chi connectivity index (χ1) is 10.8. The summed E-state index contributed by atoms with van der Waals surface area (Å²) < 4.78 is 0. The number of hydrogen-bond donors (Lipinski definition) is 0. The fraction of sp³-hybridized carbons (Fsp3) is 0.737. The molecule has 2 fully saturated rings. The van der Waals surface area contributed by atoms with E-state index in [0.717, 1.165) is 36.5 Å². The van der Waals surface area contributed by atoms with Crippen LogP contribution < -0.4 is 0 Å². The number of rotatable bonds is 2. The SMILES string of the molecule is Cc1nc(S[C@@H]2C(=O)[C@H]3CC[C@@]2(C)C3(C)C)nc2c1CCCC2. The van der Waals surface area contributed by atoms with Gasteiger partial charge in [0.1, 0.15) is 5.78 Å². The van der Waals surface area contributed by atoms with Gasteiger partial charge in [0.2, 0.25) is 0 Å². The van der Waals surface area contributed by atoms with Gasteiger partial charge in [-0.15, -0.1) is 0 Å². The molecule has 2 bridgehead atoms. The lowest BCUT2D eigenvalue weighted by molar-refractivity contribution is -0.122. The molecule has 0 unspecified atom stereocenters. The summed E-state index contributed by atoms with van der Waals surface area (Å²) in [6, 6.07) is 0. The van der Waals surface area contributed by atoms with Crippen molar-refractivity contribution in [1.82, 2.24) is 9.97 Å². The molecule has 0 N–H and O–H groups in total. The van der Waals surface area contributed by atoms with Crippen molar-refractivity contribution in [3.8, 4) is 0 Å². The van der Waals surface area contributed by atoms with Crippen molar-refractivity contribution in [3.05, 3.63) is 17.0 Å². The first-order valence-electron chi connectivity index (χ1n) is 8.91. The van der Waals surface area contributed by atoms with Gasteiger partial charge < -0.3 is 0 Å². The van der Waals surface area contributed by atoms with Gasteiger partial charge in [-0.2, -0.15) is 0 Å². The lowest BCUT2D eigenvalue weighted by Gasteiger charge is -2.37. The lowest BCUT2D eigenvalue weighted by Crippen LogP contribution is -2.35. The molecule has 1 heterocycles. The third-order valence-electron chi connectivity index (χ3n) is 7.07. The zero-order valence-corrected chi connectivity index (χ0v) is 15.4. The first kappa shape index (κ1) is 15.6. The van der Waals surface area contributed by atoms with Gasteiger partial charge in [-0.05, 0) is 61.8 Å². The number of ketones is 1. The van der Waals surface area contributed by atoms with Gasteiger partial charge >= 0.3 is 0 Å². The highest BCUT2D eigenvalue weighted by atomic mass is 32.2. The van der Waals surface area contributed by atoms with Crippen LogP contribution in [0, 0.1) is 23.7 Å². The van der Waals surface area contributed by atoms with E-state index >= 15 is 0 Å². The maximum absolute atomic E-state index is 12.9. The molecule has 4 heteroatoms. The van der Waals surface area contributed by atoms with E-state index in [2.05, 4.69) is 27.7 Å². The van der Waals surface area contributed by atoms with Gasteiger partial charge in [0.25, 0.3) is 0 Å². The highest BCUT2D eigenvalue weighted by Crippen LogP contribution is 2.67. The Balaban J connectivity index is 1.67. The second kappa shape index (κ2) is 5.05. The Morgan fingerprint density at radius 3 is 2.57 bits per heavy atom. The third-order valence-corrected chi connectivity index (χ3v) is 8.45. The molecule has 0 saturated heterocycles. The van der Waals surface area contributed by atoms with Crippen LogP contribution in [0.3, 0.4) is 0 Å². The van der Waals surface area contributed by atoms with Gasteiger partial charge in [-0.1, -0.05) is 32.5 Å². The summed E-state index contributed by atoms with van der Waals surface area (Å²) >= 11 is 1.64. The summed E-state index contributed by atoms with van der Waals surface area (Å²) in [6.07, 6.45) is 6.86. The average molecular weight is 330 g/mol. The van der Waals surface area contributed by atoms with Crippen LogP contribution in [0.2, 0.25) is 0 Å². The van der Waals surface area contributed by atoms with Gasteiger partial charge in [0.15, 0.2) is 5.16 Å². The van der Waals surface area contributed by atoms with Crippen molar-refractivity contribution in [3.63, 3.8) is 0 Å². The van der Waals surface area contributed by atoms with E-state index in [1.165, 1.54) is 24.1 Å². The summed E-state index contributed by atoms with van der Waals surface area (Å²) in [5, 5.41) is 0.850. The Morgan fingerprint density at radius 2 is 1.87 bits per heavy atom. The van der Waals surface area contributed by atoms with E-state index in [1.807, 2.05) is 0 Å². The molecule has 0 aromatic carbocycles. The summed E-state index contributed by atoms with van der Waals surface area (Å²) in [4.78, 5) is 22.5. The number of carbonyl (C=O) groups is 1. The van der Waals surface area contributed by atoms with Crippen molar-refractivity contribution in [2.45, 2.75) is 76.6 Å². The van der Waals surface area contributed by atoms with E-state index in [4.69, 9.17) is 9.97 Å². The van der Waals surface area contributed by atoms with Crippen LogP contribution >= 0.6 is 11.8 Å². The zero-order chi connectivity index (χ0) is 16.4. The molecule has 3 aliphatic carbocycles. The van der Waals surface area contributed by atoms with Gasteiger partial charge in [0.05, 0.1) is 5.25 Å². The van der Waals surface area contributed by atoms with Crippen LogP contribution in [0.1, 0.15) is 63.4 Å². The van der Waals surface area contributed by atoms with Crippen LogP contribution in [-0.4, -0.2) is 21.0 Å². The highest BCUT2D eigenvalue weighted by molar-refractivity contribution is 8.00. The maximum atomic E-state index is 12.9. The first-order valence-corrected chi connectivity index (χ1v) is 9.79. The summed E-state index contributed by atoms with van der Waals surface area (Å²) in [7, 11) is 0. The number of Topliss-reactive ketones (excluding diaryl/α,β-unsaturated/α-hetero) is 1. The fourth-order valence-electron chi connectivity index (χ4n) is 5.09. The van der Waals surface area contributed by atoms with Crippen molar-refractivity contribution in [2.24, 2.45) is 16.7 Å². The molecule has 0 aliphatic heterocycles. The Labute approximate surface area is 143 Å². The van der Waals surface area contributed by atoms with Crippen LogP contribution in [-0.2, 0) is 17.6 Å². The van der Waals surface area contributed by atoms with Crippen molar-refractivity contribution < 1.29 is 4.79 Å². The highest BCUT2D eigenvalue weighted by Gasteiger charge is 2.66. The topological polar surface area (TPSA) is 42.9 Å². The van der Waals surface area contributed by atoms with E-state index in [9.17, 15) is 4.79 Å². The van der Waals surface area contributed by atoms with Gasteiger partial charge in [-0.25, -0.2) is 9.97 Å². The van der Waals surface area contributed by atoms with Crippen LogP contribution in [0.25, 0.3) is 0 Å². The quantitative estimate of drug-likeness (QED) is 0.764. The van der Waals surface area contributed by atoms with E-state index < -0.39 is 0 Å². The van der Waals surface area contributed by atoms with E-state index in [0.29, 0.717) is 5.78 Å². The third kappa shape index (κ3) is 2.06. The number of nitrogens with zero attached hydrogens (tertiary/aromatic N) is 2. The number of hydrogen-bond acceptors (Lipinski definition) is 4. The Bertz CT molecular complexity index is 684. The zero-order valence-electron chi connectivity index (χ0n) is 14.6. The molecule has 1 aromatic rings. The summed E-state index contributed by atoms with van der Waals surface area (Å²) in [5.74, 6) is 0.663. The van der Waals surface area contributed by atoms with Crippen molar-refractivity contribution in [2.75, 3.05) is 0 Å². The molecule has 3 nitrogen and oxygen atoms in total. The molecule has 2 saturated carbocycles. The minimum absolute atomic E-state index is 0.0253. The molecule has 0 amide bonds. The van der Waals surface area contributed by atoms with Crippen molar-refractivity contribution >= 4 is 17.5 Å². The molecule has 0 radical (unpaired) electrons. The number of thioether (sulfide) groups is 1. The van der Waals surface area contributed by atoms with Gasteiger partial charge in [0, 0.05) is 17.3 Å². The molecular weight excluding hydrogens is 304 g/mol. The Hall–Kier alpha value is -0.900. The predicted molar refractivity (Wildman–Crippen MR) is 92.7 cm³/mol. The second-order valence-electron chi connectivity index (χ2n) is 8.35. The smallest absolute Gasteiger partial charge is 0.188 e. The summed E-state index contributed by atoms with van der Waals surface area (Å²) in [5.41, 5.74) is 3.88. The Morgan fingerprint density at radius 1 is 1.13 bits per heavy atom. The molecule has 4 rings (SSSR count). The Kier molecular flexibility index (Phi) is 3.43. The monoisotopic (exact) mass is 330 g/mol. The van der Waals surface area contributed by atoms with Crippen LogP contribution in [0.4, 0.5) is 0 Å². The number of aryl methyl sites for hydroxylation is 2. The molecule has 3 atom stereocenters.